The molecule has 20 heavy (non-hydrogen) atoms. The average Bonchev–Trinajstić information content (AvgIpc) is 2.77. The molecule has 1 unspecified atom stereocenters. The Bertz CT molecular complexity index is 687. The van der Waals surface area contributed by atoms with Gasteiger partial charge < -0.3 is 10.4 Å². The summed E-state index contributed by atoms with van der Waals surface area (Å²) in [5.41, 5.74) is 0.486. The lowest BCUT2D eigenvalue weighted by Crippen LogP contribution is -2.25. The summed E-state index contributed by atoms with van der Waals surface area (Å²) in [6.45, 7) is 2.19. The summed E-state index contributed by atoms with van der Waals surface area (Å²) in [6.07, 6.45) is 5.76. The van der Waals surface area contributed by atoms with Gasteiger partial charge in [0.05, 0.1) is 0 Å². The molecule has 5 heteroatoms. The van der Waals surface area contributed by atoms with Crippen LogP contribution in [0.3, 0.4) is 0 Å². The van der Waals surface area contributed by atoms with E-state index in [2.05, 4.69) is 11.2 Å². The van der Waals surface area contributed by atoms with Gasteiger partial charge in [-0.2, -0.15) is 0 Å². The van der Waals surface area contributed by atoms with Crippen molar-refractivity contribution in [2.75, 3.05) is 0 Å². The number of carboxylic acid groups (broad SMARTS) is 1. The number of hydrogen-bond donors (Lipinski definition) is 2. The molecular weight excluding hydrogens is 277 g/mol. The molecular formula is C15H14FNO2S. The van der Waals surface area contributed by atoms with Crippen LogP contribution in [0, 0.1) is 18.2 Å². The van der Waals surface area contributed by atoms with E-state index in [1.807, 2.05) is 6.92 Å². The Morgan fingerprint density at radius 2 is 2.35 bits per heavy atom. The molecule has 1 aromatic carbocycles. The highest BCUT2D eigenvalue weighted by Crippen LogP contribution is 2.33. The summed E-state index contributed by atoms with van der Waals surface area (Å²) in [7, 11) is 0. The Kier molecular flexibility index (Phi) is 4.38. The monoisotopic (exact) mass is 291 g/mol. The molecule has 0 aliphatic rings. The Balaban J connectivity index is 2.41. The van der Waals surface area contributed by atoms with Gasteiger partial charge >= 0.3 is 5.97 Å². The molecule has 1 heterocycles. The van der Waals surface area contributed by atoms with Crippen LogP contribution in [-0.4, -0.2) is 17.1 Å². The first-order valence-corrected chi connectivity index (χ1v) is 6.96. The van der Waals surface area contributed by atoms with Gasteiger partial charge in [0.25, 0.3) is 0 Å². The molecule has 0 spiro atoms. The van der Waals surface area contributed by atoms with E-state index in [0.29, 0.717) is 22.1 Å². The lowest BCUT2D eigenvalue weighted by molar-refractivity contribution is 0.0701. The fourth-order valence-corrected chi connectivity index (χ4v) is 3.11. The van der Waals surface area contributed by atoms with Crippen LogP contribution >= 0.6 is 11.3 Å². The first kappa shape index (κ1) is 14.5. The molecule has 0 aliphatic heterocycles. The number of carboxylic acids is 1. The Labute approximate surface area is 120 Å². The lowest BCUT2D eigenvalue weighted by Gasteiger charge is -2.11. The lowest BCUT2D eigenvalue weighted by atomic mass is 10.1. The molecule has 0 aliphatic carbocycles. The second-order valence-corrected chi connectivity index (χ2v) is 5.57. The highest BCUT2D eigenvalue weighted by Gasteiger charge is 2.20. The van der Waals surface area contributed by atoms with Crippen LogP contribution in [0.2, 0.25) is 0 Å². The third-order valence-electron chi connectivity index (χ3n) is 3.01. The highest BCUT2D eigenvalue weighted by molar-refractivity contribution is 7.21. The second kappa shape index (κ2) is 6.04. The highest BCUT2D eigenvalue weighted by atomic mass is 32.1. The van der Waals surface area contributed by atoms with E-state index in [1.165, 1.54) is 6.07 Å². The third kappa shape index (κ3) is 2.82. The summed E-state index contributed by atoms with van der Waals surface area (Å²) < 4.78 is 14.6. The van der Waals surface area contributed by atoms with E-state index < -0.39 is 11.8 Å². The zero-order chi connectivity index (χ0) is 14.7. The van der Waals surface area contributed by atoms with Crippen LogP contribution in [0.5, 0.6) is 0 Å². The van der Waals surface area contributed by atoms with Gasteiger partial charge in [-0.1, -0.05) is 6.07 Å². The summed E-state index contributed by atoms with van der Waals surface area (Å²) in [6, 6.07) is 4.69. The molecule has 0 saturated carbocycles. The van der Waals surface area contributed by atoms with E-state index in [1.54, 1.807) is 12.1 Å². The van der Waals surface area contributed by atoms with Gasteiger partial charge in [0.15, 0.2) is 0 Å². The van der Waals surface area contributed by atoms with E-state index >= 15 is 0 Å². The van der Waals surface area contributed by atoms with Crippen LogP contribution in [-0.2, 0) is 6.54 Å². The topological polar surface area (TPSA) is 49.3 Å². The number of fused-ring (bicyclic) bond motifs is 1. The average molecular weight is 291 g/mol. The first-order chi connectivity index (χ1) is 9.54. The van der Waals surface area contributed by atoms with Gasteiger partial charge in [-0.05, 0) is 19.1 Å². The zero-order valence-electron chi connectivity index (χ0n) is 10.9. The summed E-state index contributed by atoms with van der Waals surface area (Å²) in [4.78, 5) is 11.5. The number of hydrogen-bond acceptors (Lipinski definition) is 3. The molecule has 1 atom stereocenters. The fourth-order valence-electron chi connectivity index (χ4n) is 2.03. The number of aromatic carboxylic acids is 1. The SMILES string of the molecule is C#CCC(C)NCc1c(C(=O)O)sc2cccc(F)c12. The maximum atomic E-state index is 13.9. The van der Waals surface area contributed by atoms with Crippen molar-refractivity contribution >= 4 is 27.4 Å². The molecule has 2 aromatic rings. The minimum Gasteiger partial charge on any atom is -0.477 e. The standard InChI is InChI=1S/C15H14FNO2S/c1-3-5-9(2)17-8-10-13-11(16)6-4-7-12(13)20-14(10)15(18)19/h1,4,6-7,9,17H,5,8H2,2H3,(H,18,19). The molecule has 0 fully saturated rings. The van der Waals surface area contributed by atoms with Gasteiger partial charge in [-0.3, -0.25) is 0 Å². The van der Waals surface area contributed by atoms with Gasteiger partial charge in [0.2, 0.25) is 0 Å². The third-order valence-corrected chi connectivity index (χ3v) is 4.19. The van der Waals surface area contributed by atoms with Crippen molar-refractivity contribution < 1.29 is 14.3 Å². The van der Waals surface area contributed by atoms with Gasteiger partial charge in [0.1, 0.15) is 10.7 Å². The van der Waals surface area contributed by atoms with E-state index in [-0.39, 0.29) is 17.5 Å². The van der Waals surface area contributed by atoms with Crippen LogP contribution in [0.15, 0.2) is 18.2 Å². The molecule has 104 valence electrons. The van der Waals surface area contributed by atoms with Crippen molar-refractivity contribution in [1.29, 1.82) is 0 Å². The van der Waals surface area contributed by atoms with Crippen LogP contribution in [0.4, 0.5) is 4.39 Å². The molecule has 3 nitrogen and oxygen atoms in total. The number of terminal acetylenes is 1. The largest absolute Gasteiger partial charge is 0.477 e. The first-order valence-electron chi connectivity index (χ1n) is 6.14. The summed E-state index contributed by atoms with van der Waals surface area (Å²) >= 11 is 1.09. The molecule has 1 aromatic heterocycles. The normalized spacial score (nSPS) is 12.2. The molecule has 0 amide bonds. The maximum Gasteiger partial charge on any atom is 0.346 e. The van der Waals surface area contributed by atoms with Gasteiger partial charge in [0, 0.05) is 34.7 Å². The van der Waals surface area contributed by atoms with Crippen LogP contribution in [0.25, 0.3) is 10.1 Å². The van der Waals surface area contributed by atoms with Crippen molar-refractivity contribution in [3.05, 3.63) is 34.5 Å². The number of benzene rings is 1. The van der Waals surface area contributed by atoms with Crippen LogP contribution < -0.4 is 5.32 Å². The van der Waals surface area contributed by atoms with Crippen molar-refractivity contribution in [3.63, 3.8) is 0 Å². The van der Waals surface area contributed by atoms with Crippen LogP contribution in [0.1, 0.15) is 28.6 Å². The number of rotatable bonds is 5. The maximum absolute atomic E-state index is 13.9. The quantitative estimate of drug-likeness (QED) is 0.831. The molecule has 0 saturated heterocycles. The fraction of sp³-hybridized carbons (Fsp3) is 0.267. The van der Waals surface area contributed by atoms with E-state index in [4.69, 9.17) is 6.42 Å². The Morgan fingerprint density at radius 1 is 1.60 bits per heavy atom. The van der Waals surface area contributed by atoms with Crippen molar-refractivity contribution in [3.8, 4) is 12.3 Å². The molecule has 2 N–H and O–H groups in total. The zero-order valence-corrected chi connectivity index (χ0v) is 11.8. The van der Waals surface area contributed by atoms with Gasteiger partial charge in [-0.25, -0.2) is 9.18 Å². The summed E-state index contributed by atoms with van der Waals surface area (Å²) in [5, 5.41) is 12.8. The van der Waals surface area contributed by atoms with E-state index in [0.717, 1.165) is 11.3 Å². The predicted molar refractivity (Wildman–Crippen MR) is 78.5 cm³/mol. The van der Waals surface area contributed by atoms with Crippen molar-refractivity contribution in [2.45, 2.75) is 25.9 Å². The summed E-state index contributed by atoms with van der Waals surface area (Å²) in [5.74, 6) is 1.10. The number of thiophene rings is 1. The van der Waals surface area contributed by atoms with E-state index in [9.17, 15) is 14.3 Å². The number of carbonyl (C=O) groups is 1. The Morgan fingerprint density at radius 3 is 3.00 bits per heavy atom. The van der Waals surface area contributed by atoms with Gasteiger partial charge in [-0.15, -0.1) is 23.7 Å². The minimum atomic E-state index is -1.04. The molecule has 0 bridgehead atoms. The number of nitrogens with one attached hydrogen (secondary N) is 1. The molecule has 2 rings (SSSR count). The van der Waals surface area contributed by atoms with Crippen molar-refractivity contribution in [1.82, 2.24) is 5.32 Å². The predicted octanol–water partition coefficient (Wildman–Crippen LogP) is 3.24. The van der Waals surface area contributed by atoms with Crippen molar-refractivity contribution in [2.24, 2.45) is 0 Å². The molecule has 0 radical (unpaired) electrons. The minimum absolute atomic E-state index is 0.0448. The Hall–Kier alpha value is -1.90. The number of halogens is 1. The smallest absolute Gasteiger partial charge is 0.346 e. The second-order valence-electron chi connectivity index (χ2n) is 4.52.